The Bertz CT molecular complexity index is 1280. The van der Waals surface area contributed by atoms with E-state index in [1.807, 2.05) is 19.1 Å². The molecule has 0 aliphatic carbocycles. The Labute approximate surface area is 215 Å². The van der Waals surface area contributed by atoms with E-state index in [-0.39, 0.29) is 11.4 Å². The largest absolute Gasteiger partial charge is 0.350 e. The molecule has 4 aromatic rings. The van der Waals surface area contributed by atoms with Crippen LogP contribution in [-0.4, -0.2) is 43.7 Å². The first kappa shape index (κ1) is 23.7. The Morgan fingerprint density at radius 3 is 2.63 bits per heavy atom. The molecule has 1 aliphatic heterocycles. The molecule has 3 aromatic heterocycles. The Morgan fingerprint density at radius 2 is 1.91 bits per heavy atom. The number of hydrogen-bond donors (Lipinski definition) is 3. The highest BCUT2D eigenvalue weighted by Gasteiger charge is 2.34. The number of nitrogens with one attached hydrogen (secondary N) is 3. The lowest BCUT2D eigenvalue weighted by Gasteiger charge is -2.35. The van der Waals surface area contributed by atoms with Crippen LogP contribution in [0.4, 0.5) is 10.3 Å². The van der Waals surface area contributed by atoms with E-state index in [9.17, 15) is 4.39 Å². The van der Waals surface area contributed by atoms with Crippen LogP contribution in [0.25, 0.3) is 22.6 Å². The predicted molar refractivity (Wildman–Crippen MR) is 137 cm³/mol. The Kier molecular flexibility index (Phi) is 7.00. The number of benzene rings is 1. The summed E-state index contributed by atoms with van der Waals surface area (Å²) < 4.78 is 28.7. The van der Waals surface area contributed by atoms with Gasteiger partial charge in [-0.1, -0.05) is 6.07 Å². The van der Waals surface area contributed by atoms with E-state index in [0.717, 1.165) is 11.1 Å². The standard InChI is InChI=1S/C24H23FIN7O2/c1-24(33-26)13-34-22(35-14-24)21-31-19(16-4-6-17(25)7-5-16)20(32-21)18-8-10-28-23(30-18)29-12-15-3-2-9-27-11-15/h2-11,22,33H,12-14H2,1H3,(H,31,32)(H,28,29,30). The highest BCUT2D eigenvalue weighted by atomic mass is 127. The summed E-state index contributed by atoms with van der Waals surface area (Å²) in [4.78, 5) is 21.2. The lowest BCUT2D eigenvalue weighted by atomic mass is 10.1. The van der Waals surface area contributed by atoms with E-state index in [1.54, 1.807) is 36.8 Å². The molecule has 1 aromatic carbocycles. The van der Waals surface area contributed by atoms with E-state index >= 15 is 0 Å². The molecule has 0 saturated carbocycles. The Balaban J connectivity index is 1.46. The van der Waals surface area contributed by atoms with E-state index < -0.39 is 6.29 Å². The number of imidazole rings is 1. The van der Waals surface area contributed by atoms with Crippen molar-refractivity contribution in [1.82, 2.24) is 28.5 Å². The normalized spacial score (nSPS) is 20.0. The fourth-order valence-corrected chi connectivity index (χ4v) is 3.90. The molecule has 0 bridgehead atoms. The topological polar surface area (TPSA) is 110 Å². The average molecular weight is 587 g/mol. The summed E-state index contributed by atoms with van der Waals surface area (Å²) in [5.41, 5.74) is 3.36. The molecule has 3 N–H and O–H groups in total. The molecule has 1 saturated heterocycles. The van der Waals surface area contributed by atoms with Crippen LogP contribution in [0.15, 0.2) is 61.1 Å². The van der Waals surface area contributed by atoms with E-state index in [1.165, 1.54) is 12.1 Å². The summed E-state index contributed by atoms with van der Waals surface area (Å²) in [6.07, 6.45) is 4.53. The van der Waals surface area contributed by atoms with Gasteiger partial charge in [-0.15, -0.1) is 0 Å². The third kappa shape index (κ3) is 5.48. The number of aromatic amines is 1. The molecule has 1 aliphatic rings. The molecule has 11 heteroatoms. The molecule has 1 fully saturated rings. The number of rotatable bonds is 7. The lowest BCUT2D eigenvalue weighted by molar-refractivity contribution is -0.213. The van der Waals surface area contributed by atoms with E-state index in [4.69, 9.17) is 14.5 Å². The van der Waals surface area contributed by atoms with Gasteiger partial charge in [-0.25, -0.2) is 19.3 Å². The Hall–Kier alpha value is -3.00. The maximum absolute atomic E-state index is 13.6. The summed E-state index contributed by atoms with van der Waals surface area (Å²) in [7, 11) is 0. The van der Waals surface area contributed by atoms with Gasteiger partial charge in [0, 0.05) is 53.6 Å². The summed E-state index contributed by atoms with van der Waals surface area (Å²) in [6, 6.07) is 11.8. The molecule has 0 amide bonds. The van der Waals surface area contributed by atoms with Crippen molar-refractivity contribution >= 4 is 28.8 Å². The maximum atomic E-state index is 13.6. The van der Waals surface area contributed by atoms with Crippen molar-refractivity contribution in [1.29, 1.82) is 0 Å². The maximum Gasteiger partial charge on any atom is 0.223 e. The second-order valence-electron chi connectivity index (χ2n) is 8.44. The van der Waals surface area contributed by atoms with Crippen molar-refractivity contribution in [2.24, 2.45) is 0 Å². The van der Waals surface area contributed by atoms with Crippen LogP contribution in [0.2, 0.25) is 0 Å². The molecule has 35 heavy (non-hydrogen) atoms. The third-order valence-corrected chi connectivity index (χ3v) is 6.79. The molecule has 0 radical (unpaired) electrons. The zero-order valence-corrected chi connectivity index (χ0v) is 21.0. The zero-order chi connectivity index (χ0) is 24.3. The monoisotopic (exact) mass is 587 g/mol. The minimum absolute atomic E-state index is 0.284. The molecular weight excluding hydrogens is 564 g/mol. The van der Waals surface area contributed by atoms with Gasteiger partial charge in [0.05, 0.1) is 35.8 Å². The molecular formula is C24H23FIN7O2. The predicted octanol–water partition coefficient (Wildman–Crippen LogP) is 4.42. The van der Waals surface area contributed by atoms with E-state index in [2.05, 4.69) is 51.6 Å². The molecule has 0 unspecified atom stereocenters. The summed E-state index contributed by atoms with van der Waals surface area (Å²) >= 11 is 2.10. The van der Waals surface area contributed by atoms with Crippen molar-refractivity contribution in [3.05, 3.63) is 78.3 Å². The number of anilines is 1. The van der Waals surface area contributed by atoms with Crippen LogP contribution < -0.4 is 8.85 Å². The van der Waals surface area contributed by atoms with Gasteiger partial charge in [0.2, 0.25) is 12.2 Å². The number of halogens is 2. The second-order valence-corrected chi connectivity index (χ2v) is 8.98. The van der Waals surface area contributed by atoms with Crippen molar-refractivity contribution in [2.45, 2.75) is 25.3 Å². The molecule has 9 nitrogen and oxygen atoms in total. The van der Waals surface area contributed by atoms with Gasteiger partial charge >= 0.3 is 0 Å². The van der Waals surface area contributed by atoms with Crippen LogP contribution in [0.3, 0.4) is 0 Å². The average Bonchev–Trinajstić information content (AvgIpc) is 3.35. The number of H-pyrrole nitrogens is 1. The molecule has 180 valence electrons. The van der Waals surface area contributed by atoms with Crippen LogP contribution >= 0.6 is 22.9 Å². The van der Waals surface area contributed by atoms with Crippen LogP contribution in [0.1, 0.15) is 24.6 Å². The van der Waals surface area contributed by atoms with Crippen molar-refractivity contribution in [2.75, 3.05) is 18.5 Å². The summed E-state index contributed by atoms with van der Waals surface area (Å²) in [5, 5.41) is 3.22. The van der Waals surface area contributed by atoms with Crippen LogP contribution in [-0.2, 0) is 16.0 Å². The first-order chi connectivity index (χ1) is 17.0. The number of nitrogens with zero attached hydrogens (tertiary/aromatic N) is 4. The van der Waals surface area contributed by atoms with Gasteiger partial charge in [0.1, 0.15) is 5.82 Å². The van der Waals surface area contributed by atoms with Crippen LogP contribution in [0.5, 0.6) is 0 Å². The minimum atomic E-state index is -0.661. The highest BCUT2D eigenvalue weighted by Crippen LogP contribution is 2.34. The SMILES string of the molecule is CC1(NI)COC(c2nc(-c3ccc(F)cc3)c(-c3ccnc(NCc4cccnc4)n3)[nH]2)OC1. The smallest absolute Gasteiger partial charge is 0.223 e. The lowest BCUT2D eigenvalue weighted by Crippen LogP contribution is -2.49. The molecule has 4 heterocycles. The number of aromatic nitrogens is 5. The second kappa shape index (κ2) is 10.3. The fraction of sp³-hybridized carbons (Fsp3) is 0.250. The minimum Gasteiger partial charge on any atom is -0.350 e. The first-order valence-corrected chi connectivity index (χ1v) is 12.0. The van der Waals surface area contributed by atoms with Gasteiger partial charge in [0.25, 0.3) is 0 Å². The van der Waals surface area contributed by atoms with Gasteiger partial charge in [-0.05, 0) is 48.9 Å². The van der Waals surface area contributed by atoms with E-state index in [0.29, 0.717) is 48.6 Å². The molecule has 5 rings (SSSR count). The van der Waals surface area contributed by atoms with Gasteiger partial charge in [0.15, 0.2) is 5.82 Å². The van der Waals surface area contributed by atoms with Gasteiger partial charge in [-0.3, -0.25) is 8.51 Å². The molecule has 0 atom stereocenters. The van der Waals surface area contributed by atoms with Crippen molar-refractivity contribution in [3.8, 4) is 22.6 Å². The summed E-state index contributed by atoms with van der Waals surface area (Å²) in [6.45, 7) is 3.47. The van der Waals surface area contributed by atoms with Crippen molar-refractivity contribution < 1.29 is 13.9 Å². The fourth-order valence-electron chi connectivity index (χ4n) is 3.59. The quantitative estimate of drug-likeness (QED) is 0.216. The number of hydrogen-bond acceptors (Lipinski definition) is 8. The number of ether oxygens (including phenoxy) is 2. The third-order valence-electron chi connectivity index (χ3n) is 5.48. The summed E-state index contributed by atoms with van der Waals surface area (Å²) in [5.74, 6) is 0.652. The van der Waals surface area contributed by atoms with Crippen LogP contribution in [0, 0.1) is 5.82 Å². The van der Waals surface area contributed by atoms with Gasteiger partial charge < -0.3 is 19.8 Å². The highest BCUT2D eigenvalue weighted by molar-refractivity contribution is 14.1. The zero-order valence-electron chi connectivity index (χ0n) is 18.8. The van der Waals surface area contributed by atoms with Crippen molar-refractivity contribution in [3.63, 3.8) is 0 Å². The Morgan fingerprint density at radius 1 is 1.11 bits per heavy atom. The van der Waals surface area contributed by atoms with Gasteiger partial charge in [-0.2, -0.15) is 0 Å². The number of pyridine rings is 1. The molecule has 0 spiro atoms. The first-order valence-electron chi connectivity index (χ1n) is 11.0.